The molecular weight excluding hydrogens is 238 g/mol. The number of nitrogens with one attached hydrogen (secondary N) is 1. The first-order valence-electron chi connectivity index (χ1n) is 8.28. The van der Waals surface area contributed by atoms with Crippen molar-refractivity contribution in [3.63, 3.8) is 0 Å². The molecule has 1 heterocycles. The van der Waals surface area contributed by atoms with Crippen LogP contribution in [0.25, 0.3) is 0 Å². The summed E-state index contributed by atoms with van der Waals surface area (Å²) < 4.78 is 0. The van der Waals surface area contributed by atoms with Gasteiger partial charge in [-0.1, -0.05) is 58.3 Å². The minimum absolute atomic E-state index is 0.782. The Bertz CT molecular complexity index is 219. The zero-order chi connectivity index (χ0) is 12.6. The summed E-state index contributed by atoms with van der Waals surface area (Å²) in [6.45, 7) is 2.33. The normalized spacial score (nSPS) is 36.2. The van der Waals surface area contributed by atoms with Crippen molar-refractivity contribution in [2.24, 2.45) is 0 Å². The molecule has 2 aliphatic rings. The average molecular weight is 269 g/mol. The summed E-state index contributed by atoms with van der Waals surface area (Å²) >= 11 is 2.27. The predicted octanol–water partition coefficient (Wildman–Crippen LogP) is 4.75. The predicted molar refractivity (Wildman–Crippen MR) is 83.4 cm³/mol. The van der Waals surface area contributed by atoms with Gasteiger partial charge in [-0.2, -0.15) is 11.8 Å². The second kappa shape index (κ2) is 8.47. The van der Waals surface area contributed by atoms with Crippen molar-refractivity contribution in [3.8, 4) is 0 Å². The molecule has 3 unspecified atom stereocenters. The van der Waals surface area contributed by atoms with Crippen LogP contribution in [-0.4, -0.2) is 23.1 Å². The molecule has 106 valence electrons. The lowest BCUT2D eigenvalue weighted by molar-refractivity contribution is 0.364. The Labute approximate surface area is 118 Å². The highest BCUT2D eigenvalue weighted by molar-refractivity contribution is 8.00. The first-order valence-corrected chi connectivity index (χ1v) is 9.32. The second-order valence-electron chi connectivity index (χ2n) is 6.16. The van der Waals surface area contributed by atoms with E-state index in [-0.39, 0.29) is 0 Å². The van der Waals surface area contributed by atoms with Crippen molar-refractivity contribution in [2.75, 3.05) is 5.75 Å². The van der Waals surface area contributed by atoms with E-state index in [9.17, 15) is 0 Å². The lowest BCUT2D eigenvalue weighted by Gasteiger charge is -2.37. The molecule has 2 fully saturated rings. The van der Waals surface area contributed by atoms with Crippen LogP contribution in [-0.2, 0) is 0 Å². The van der Waals surface area contributed by atoms with Crippen LogP contribution in [0.4, 0.5) is 0 Å². The fourth-order valence-corrected chi connectivity index (χ4v) is 4.97. The molecule has 0 bridgehead atoms. The van der Waals surface area contributed by atoms with Crippen LogP contribution in [0.1, 0.15) is 77.6 Å². The van der Waals surface area contributed by atoms with Gasteiger partial charge in [-0.15, -0.1) is 0 Å². The first-order chi connectivity index (χ1) is 8.90. The summed E-state index contributed by atoms with van der Waals surface area (Å²) in [6.07, 6.45) is 16.0. The molecule has 0 amide bonds. The summed E-state index contributed by atoms with van der Waals surface area (Å²) in [5.74, 6) is 1.34. The van der Waals surface area contributed by atoms with Crippen molar-refractivity contribution in [1.29, 1.82) is 0 Å². The lowest BCUT2D eigenvalue weighted by atomic mass is 9.96. The van der Waals surface area contributed by atoms with Gasteiger partial charge in [0.1, 0.15) is 0 Å². The minimum atomic E-state index is 0.782. The largest absolute Gasteiger partial charge is 0.309 e. The highest BCUT2D eigenvalue weighted by atomic mass is 32.2. The van der Waals surface area contributed by atoms with Crippen molar-refractivity contribution >= 4 is 11.8 Å². The Morgan fingerprint density at radius 3 is 2.17 bits per heavy atom. The molecular formula is C16H31NS. The van der Waals surface area contributed by atoms with E-state index in [0.717, 1.165) is 17.3 Å². The molecule has 1 aliphatic heterocycles. The van der Waals surface area contributed by atoms with Gasteiger partial charge in [0.05, 0.1) is 0 Å². The average Bonchev–Trinajstić information content (AvgIpc) is 2.39. The molecule has 1 N–H and O–H groups in total. The maximum atomic E-state index is 3.94. The number of hydrogen-bond acceptors (Lipinski definition) is 2. The van der Waals surface area contributed by atoms with Crippen molar-refractivity contribution in [1.82, 2.24) is 5.32 Å². The van der Waals surface area contributed by atoms with Gasteiger partial charge in [-0.05, 0) is 19.3 Å². The molecule has 0 spiro atoms. The lowest BCUT2D eigenvalue weighted by Crippen LogP contribution is -2.49. The van der Waals surface area contributed by atoms with Gasteiger partial charge in [-0.25, -0.2) is 0 Å². The number of thioether (sulfide) groups is 1. The fraction of sp³-hybridized carbons (Fsp3) is 1.00. The van der Waals surface area contributed by atoms with Gasteiger partial charge in [0, 0.05) is 23.1 Å². The molecule has 3 atom stereocenters. The van der Waals surface area contributed by atoms with E-state index in [2.05, 4.69) is 24.0 Å². The summed E-state index contributed by atoms with van der Waals surface area (Å²) in [5, 5.41) is 4.85. The van der Waals surface area contributed by atoms with Gasteiger partial charge in [0.25, 0.3) is 0 Å². The zero-order valence-electron chi connectivity index (χ0n) is 12.1. The third kappa shape index (κ3) is 4.77. The van der Waals surface area contributed by atoms with Gasteiger partial charge < -0.3 is 5.32 Å². The molecule has 1 nitrogen and oxygen atoms in total. The van der Waals surface area contributed by atoms with E-state index < -0.39 is 0 Å². The molecule has 0 aromatic carbocycles. The van der Waals surface area contributed by atoms with Gasteiger partial charge >= 0.3 is 0 Å². The van der Waals surface area contributed by atoms with Gasteiger partial charge in [0.2, 0.25) is 0 Å². The molecule has 0 aromatic heterocycles. The van der Waals surface area contributed by atoms with Crippen molar-refractivity contribution in [3.05, 3.63) is 0 Å². The molecule has 1 saturated heterocycles. The van der Waals surface area contributed by atoms with Crippen LogP contribution < -0.4 is 5.32 Å². The maximum absolute atomic E-state index is 3.94. The standard InChI is InChI=1S/C16H31NS/c1-2-14-13-18-16-12-10-8-6-4-3-5-7-9-11-15(16)17-14/h14-17H,2-13H2,1H3. The fourth-order valence-electron chi connectivity index (χ4n) is 3.37. The van der Waals surface area contributed by atoms with Gasteiger partial charge in [0.15, 0.2) is 0 Å². The Morgan fingerprint density at radius 2 is 1.50 bits per heavy atom. The number of rotatable bonds is 1. The van der Waals surface area contributed by atoms with Crippen LogP contribution in [0, 0.1) is 0 Å². The van der Waals surface area contributed by atoms with Crippen LogP contribution in [0.3, 0.4) is 0 Å². The highest BCUT2D eigenvalue weighted by Gasteiger charge is 2.28. The second-order valence-corrected chi connectivity index (χ2v) is 7.43. The maximum Gasteiger partial charge on any atom is 0.0201 e. The van der Waals surface area contributed by atoms with E-state index in [1.165, 1.54) is 76.4 Å². The highest BCUT2D eigenvalue weighted by Crippen LogP contribution is 2.30. The van der Waals surface area contributed by atoms with E-state index >= 15 is 0 Å². The van der Waals surface area contributed by atoms with Gasteiger partial charge in [-0.3, -0.25) is 0 Å². The Hall–Kier alpha value is 0.310. The molecule has 0 aromatic rings. The topological polar surface area (TPSA) is 12.0 Å². The first kappa shape index (κ1) is 14.7. The summed E-state index contributed by atoms with van der Waals surface area (Å²) in [4.78, 5) is 0. The third-order valence-corrected chi connectivity index (χ3v) is 6.24. The zero-order valence-corrected chi connectivity index (χ0v) is 12.9. The molecule has 1 saturated carbocycles. The van der Waals surface area contributed by atoms with Crippen LogP contribution >= 0.6 is 11.8 Å². The SMILES string of the molecule is CCC1CSC2CCCCCCCCCCC2N1. The third-order valence-electron chi connectivity index (χ3n) is 4.66. The molecule has 18 heavy (non-hydrogen) atoms. The number of hydrogen-bond donors (Lipinski definition) is 1. The van der Waals surface area contributed by atoms with E-state index in [4.69, 9.17) is 0 Å². The van der Waals surface area contributed by atoms with Crippen molar-refractivity contribution < 1.29 is 0 Å². The Kier molecular flexibility index (Phi) is 6.93. The smallest absolute Gasteiger partial charge is 0.0201 e. The minimum Gasteiger partial charge on any atom is -0.309 e. The Balaban J connectivity index is 1.84. The van der Waals surface area contributed by atoms with Crippen LogP contribution in [0.5, 0.6) is 0 Å². The molecule has 2 heteroatoms. The Morgan fingerprint density at radius 1 is 0.889 bits per heavy atom. The van der Waals surface area contributed by atoms with E-state index in [1.807, 2.05) is 0 Å². The molecule has 1 aliphatic carbocycles. The summed E-state index contributed by atoms with van der Waals surface area (Å²) in [7, 11) is 0. The molecule has 0 radical (unpaired) electrons. The van der Waals surface area contributed by atoms with Crippen LogP contribution in [0.15, 0.2) is 0 Å². The van der Waals surface area contributed by atoms with E-state index in [1.54, 1.807) is 0 Å². The summed E-state index contributed by atoms with van der Waals surface area (Å²) in [6, 6.07) is 1.59. The van der Waals surface area contributed by atoms with E-state index in [0.29, 0.717) is 0 Å². The monoisotopic (exact) mass is 269 g/mol. The van der Waals surface area contributed by atoms with Crippen molar-refractivity contribution in [2.45, 2.75) is 94.9 Å². The van der Waals surface area contributed by atoms with Crippen LogP contribution in [0.2, 0.25) is 0 Å². The quantitative estimate of drug-likeness (QED) is 0.737. The number of fused-ring (bicyclic) bond motifs is 1. The molecule has 2 rings (SSSR count). The summed E-state index contributed by atoms with van der Waals surface area (Å²) in [5.41, 5.74) is 0.